The smallest absolute Gasteiger partial charge is 0.243 e. The zero-order chi connectivity index (χ0) is 17.9. The van der Waals surface area contributed by atoms with Crippen LogP contribution in [-0.4, -0.2) is 73.7 Å². The number of carbonyl (C=O) groups excluding carboxylic acids is 1. The molecule has 0 unspecified atom stereocenters. The normalized spacial score (nSPS) is 18.0. The quantitative estimate of drug-likeness (QED) is 0.775. The Hall–Kier alpha value is -1.36. The molecule has 26 heavy (non-hydrogen) atoms. The molecular formula is C15H20ClFN4O3S2. The molecule has 1 fully saturated rings. The zero-order valence-electron chi connectivity index (χ0n) is 13.9. The summed E-state index contributed by atoms with van der Waals surface area (Å²) in [5.41, 5.74) is 0. The number of rotatable bonds is 4. The average molecular weight is 423 g/mol. The lowest BCUT2D eigenvalue weighted by Gasteiger charge is -2.34. The number of aliphatic imine (C=N–C) groups is 1. The van der Waals surface area contributed by atoms with E-state index < -0.39 is 15.8 Å². The predicted molar refractivity (Wildman–Crippen MR) is 102 cm³/mol. The van der Waals surface area contributed by atoms with Gasteiger partial charge in [0.2, 0.25) is 15.9 Å². The van der Waals surface area contributed by atoms with Gasteiger partial charge in [-0.2, -0.15) is 4.31 Å². The van der Waals surface area contributed by atoms with Gasteiger partial charge in [-0.05, 0) is 18.2 Å². The Morgan fingerprint density at radius 1 is 1.27 bits per heavy atom. The summed E-state index contributed by atoms with van der Waals surface area (Å²) in [6.45, 7) is 2.59. The van der Waals surface area contributed by atoms with E-state index in [1.54, 1.807) is 4.90 Å². The van der Waals surface area contributed by atoms with Gasteiger partial charge in [0.15, 0.2) is 5.17 Å². The number of carbonyl (C=O) groups is 1. The summed E-state index contributed by atoms with van der Waals surface area (Å²) >= 11 is 1.36. The molecule has 1 aromatic carbocycles. The van der Waals surface area contributed by atoms with E-state index in [4.69, 9.17) is 0 Å². The number of nitrogens with zero attached hydrogens (tertiary/aromatic N) is 3. The summed E-state index contributed by atoms with van der Waals surface area (Å²) < 4.78 is 39.7. The Morgan fingerprint density at radius 3 is 2.62 bits per heavy atom. The lowest BCUT2D eigenvalue weighted by atomic mass is 10.3. The molecule has 0 bridgehead atoms. The summed E-state index contributed by atoms with van der Waals surface area (Å²) in [5, 5.41) is 3.87. The maximum atomic E-state index is 13.3. The molecule has 11 heteroatoms. The van der Waals surface area contributed by atoms with Crippen LogP contribution in [0, 0.1) is 5.82 Å². The first-order valence-corrected chi connectivity index (χ1v) is 10.3. The molecule has 1 aromatic rings. The first kappa shape index (κ1) is 20.9. The van der Waals surface area contributed by atoms with Crippen molar-refractivity contribution in [3.63, 3.8) is 0 Å². The van der Waals surface area contributed by atoms with Crippen LogP contribution in [0.25, 0.3) is 0 Å². The van der Waals surface area contributed by atoms with Gasteiger partial charge in [0.25, 0.3) is 0 Å². The first-order chi connectivity index (χ1) is 12.0. The maximum Gasteiger partial charge on any atom is 0.243 e. The van der Waals surface area contributed by atoms with E-state index in [-0.39, 0.29) is 42.1 Å². The van der Waals surface area contributed by atoms with E-state index in [0.29, 0.717) is 13.1 Å². The van der Waals surface area contributed by atoms with Gasteiger partial charge >= 0.3 is 0 Å². The standard InChI is InChI=1S/C15H19FN4O3S2.ClH/c16-12-2-1-3-13(10-12)25(22,23)20-8-6-19(7-9-20)14(21)11-24-15-17-4-5-18-15;/h1-3,10H,4-9,11H2,(H,17,18);1H. The van der Waals surface area contributed by atoms with E-state index in [2.05, 4.69) is 10.3 Å². The van der Waals surface area contributed by atoms with Gasteiger partial charge in [-0.1, -0.05) is 17.8 Å². The molecule has 0 saturated carbocycles. The van der Waals surface area contributed by atoms with Crippen LogP contribution < -0.4 is 5.32 Å². The second-order valence-corrected chi connectivity index (χ2v) is 8.55. The molecule has 1 N–H and O–H groups in total. The Balaban J connectivity index is 0.00000243. The summed E-state index contributed by atoms with van der Waals surface area (Å²) in [4.78, 5) is 18.0. The molecule has 2 aliphatic heterocycles. The van der Waals surface area contributed by atoms with Crippen LogP contribution in [0.4, 0.5) is 4.39 Å². The molecule has 0 aliphatic carbocycles. The molecule has 0 atom stereocenters. The second-order valence-electron chi connectivity index (χ2n) is 5.64. The van der Waals surface area contributed by atoms with Gasteiger partial charge in [0.05, 0.1) is 17.2 Å². The minimum absolute atomic E-state index is 0. The van der Waals surface area contributed by atoms with Crippen LogP contribution in [0.2, 0.25) is 0 Å². The van der Waals surface area contributed by atoms with Crippen LogP contribution >= 0.6 is 24.2 Å². The number of piperazine rings is 1. The largest absolute Gasteiger partial charge is 0.363 e. The fourth-order valence-corrected chi connectivity index (χ4v) is 4.93. The SMILES string of the molecule is Cl.O=C(CSC1=NCCN1)N1CCN(S(=O)(=O)c2cccc(F)c2)CC1. The second kappa shape index (κ2) is 9.03. The third kappa shape index (κ3) is 4.87. The fraction of sp³-hybridized carbons (Fsp3) is 0.467. The van der Waals surface area contributed by atoms with Gasteiger partial charge in [-0.25, -0.2) is 12.8 Å². The molecule has 0 spiro atoms. The lowest BCUT2D eigenvalue weighted by Crippen LogP contribution is -2.51. The number of nitrogens with one attached hydrogen (secondary N) is 1. The van der Waals surface area contributed by atoms with E-state index in [1.807, 2.05) is 0 Å². The summed E-state index contributed by atoms with van der Waals surface area (Å²) in [7, 11) is -3.74. The predicted octanol–water partition coefficient (Wildman–Crippen LogP) is 0.773. The van der Waals surface area contributed by atoms with Gasteiger partial charge in [0, 0.05) is 32.7 Å². The molecular weight excluding hydrogens is 403 g/mol. The van der Waals surface area contributed by atoms with Crippen molar-refractivity contribution in [2.75, 3.05) is 45.0 Å². The zero-order valence-corrected chi connectivity index (χ0v) is 16.4. The van der Waals surface area contributed by atoms with Crippen molar-refractivity contribution in [3.8, 4) is 0 Å². The third-order valence-electron chi connectivity index (χ3n) is 4.00. The average Bonchev–Trinajstić information content (AvgIpc) is 3.13. The van der Waals surface area contributed by atoms with Crippen LogP contribution in [-0.2, 0) is 14.8 Å². The van der Waals surface area contributed by atoms with Crippen molar-refractivity contribution in [3.05, 3.63) is 30.1 Å². The summed E-state index contributed by atoms with van der Waals surface area (Å²) in [6.07, 6.45) is 0. The number of amides is 1. The molecule has 144 valence electrons. The van der Waals surface area contributed by atoms with E-state index >= 15 is 0 Å². The van der Waals surface area contributed by atoms with Gasteiger partial charge in [-0.15, -0.1) is 12.4 Å². The topological polar surface area (TPSA) is 82.1 Å². The van der Waals surface area contributed by atoms with Crippen molar-refractivity contribution in [2.24, 2.45) is 4.99 Å². The fourth-order valence-electron chi connectivity index (χ4n) is 2.65. The highest BCUT2D eigenvalue weighted by atomic mass is 35.5. The van der Waals surface area contributed by atoms with Crippen molar-refractivity contribution in [2.45, 2.75) is 4.90 Å². The molecule has 2 heterocycles. The Kier molecular flexibility index (Phi) is 7.27. The number of amidine groups is 1. The number of halogens is 2. The summed E-state index contributed by atoms with van der Waals surface area (Å²) in [6, 6.07) is 4.97. The molecule has 1 saturated heterocycles. The minimum Gasteiger partial charge on any atom is -0.363 e. The molecule has 3 rings (SSSR count). The number of benzene rings is 1. The van der Waals surface area contributed by atoms with Crippen LogP contribution in [0.1, 0.15) is 0 Å². The highest BCUT2D eigenvalue weighted by Gasteiger charge is 2.30. The van der Waals surface area contributed by atoms with Crippen molar-refractivity contribution in [1.82, 2.24) is 14.5 Å². The van der Waals surface area contributed by atoms with Crippen LogP contribution in [0.3, 0.4) is 0 Å². The highest BCUT2D eigenvalue weighted by molar-refractivity contribution is 8.14. The molecule has 0 aromatic heterocycles. The van der Waals surface area contributed by atoms with Crippen LogP contribution in [0.5, 0.6) is 0 Å². The van der Waals surface area contributed by atoms with E-state index in [9.17, 15) is 17.6 Å². The van der Waals surface area contributed by atoms with Crippen LogP contribution in [0.15, 0.2) is 34.2 Å². The Labute approximate surface area is 162 Å². The van der Waals surface area contributed by atoms with Gasteiger partial charge in [0.1, 0.15) is 5.82 Å². The molecule has 0 radical (unpaired) electrons. The minimum atomic E-state index is -3.74. The highest BCUT2D eigenvalue weighted by Crippen LogP contribution is 2.19. The van der Waals surface area contributed by atoms with Crippen molar-refractivity contribution in [1.29, 1.82) is 0 Å². The Morgan fingerprint density at radius 2 is 2.00 bits per heavy atom. The third-order valence-corrected chi connectivity index (χ3v) is 6.83. The maximum absolute atomic E-state index is 13.3. The van der Waals surface area contributed by atoms with Crippen molar-refractivity contribution >= 4 is 45.3 Å². The summed E-state index contributed by atoms with van der Waals surface area (Å²) in [5.74, 6) is -0.345. The molecule has 1 amide bonds. The van der Waals surface area contributed by atoms with E-state index in [0.717, 1.165) is 24.3 Å². The Bertz CT molecular complexity index is 783. The van der Waals surface area contributed by atoms with Gasteiger partial charge < -0.3 is 10.2 Å². The first-order valence-electron chi connectivity index (χ1n) is 7.91. The molecule has 2 aliphatic rings. The monoisotopic (exact) mass is 422 g/mol. The molecule has 7 nitrogen and oxygen atoms in total. The number of hydrogen-bond acceptors (Lipinski definition) is 6. The number of thioether (sulfide) groups is 1. The number of sulfonamides is 1. The lowest BCUT2D eigenvalue weighted by molar-refractivity contribution is -0.129. The number of hydrogen-bond donors (Lipinski definition) is 1. The van der Waals surface area contributed by atoms with Gasteiger partial charge in [-0.3, -0.25) is 9.79 Å². The van der Waals surface area contributed by atoms with E-state index in [1.165, 1.54) is 34.3 Å². The van der Waals surface area contributed by atoms with Crippen molar-refractivity contribution < 1.29 is 17.6 Å².